The molecule has 0 aliphatic carbocycles. The Morgan fingerprint density at radius 2 is 2.41 bits per heavy atom. The minimum Gasteiger partial charge on any atom is -0.341 e. The molecule has 1 aromatic rings. The summed E-state index contributed by atoms with van der Waals surface area (Å²) in [7, 11) is 0. The second-order valence-electron chi connectivity index (χ2n) is 2.90. The molecule has 0 radical (unpaired) electrons. The molecule has 1 rings (SSSR count). The van der Waals surface area contributed by atoms with Gasteiger partial charge >= 0.3 is 0 Å². The lowest BCUT2D eigenvalue weighted by Crippen LogP contribution is -2.24. The van der Waals surface area contributed by atoms with Crippen LogP contribution in [0.25, 0.3) is 0 Å². The normalized spacial score (nSPS) is 9.06. The SMILES string of the molecule is CC#CCNC(=O)c1cc([N+](=O)[O-])cnc1Cl. The Morgan fingerprint density at radius 3 is 3.00 bits per heavy atom. The Hall–Kier alpha value is -2.13. The maximum Gasteiger partial charge on any atom is 0.288 e. The van der Waals surface area contributed by atoms with Crippen molar-refractivity contribution >= 4 is 23.2 Å². The van der Waals surface area contributed by atoms with Gasteiger partial charge in [0, 0.05) is 6.07 Å². The smallest absolute Gasteiger partial charge is 0.288 e. The number of aromatic nitrogens is 1. The van der Waals surface area contributed by atoms with E-state index < -0.39 is 10.8 Å². The summed E-state index contributed by atoms with van der Waals surface area (Å²) < 4.78 is 0. The monoisotopic (exact) mass is 253 g/mol. The summed E-state index contributed by atoms with van der Waals surface area (Å²) in [5, 5.41) is 12.9. The lowest BCUT2D eigenvalue weighted by atomic mass is 10.2. The van der Waals surface area contributed by atoms with Crippen LogP contribution in [0.4, 0.5) is 5.69 Å². The van der Waals surface area contributed by atoms with Crippen molar-refractivity contribution in [3.8, 4) is 11.8 Å². The highest BCUT2D eigenvalue weighted by atomic mass is 35.5. The third-order valence-electron chi connectivity index (χ3n) is 1.79. The number of carbonyl (C=O) groups is 1. The highest BCUT2D eigenvalue weighted by Gasteiger charge is 2.16. The first kappa shape index (κ1) is 12.9. The molecule has 1 aromatic heterocycles. The molecule has 1 heterocycles. The highest BCUT2D eigenvalue weighted by Crippen LogP contribution is 2.18. The van der Waals surface area contributed by atoms with Crippen LogP contribution in [-0.2, 0) is 0 Å². The zero-order chi connectivity index (χ0) is 12.8. The molecule has 88 valence electrons. The van der Waals surface area contributed by atoms with Gasteiger partial charge in [-0.3, -0.25) is 14.9 Å². The molecule has 0 bridgehead atoms. The molecule has 17 heavy (non-hydrogen) atoms. The Kier molecular flexibility index (Phi) is 4.43. The van der Waals surface area contributed by atoms with Gasteiger partial charge in [0.15, 0.2) is 0 Å². The standard InChI is InChI=1S/C10H8ClN3O3/c1-2-3-4-12-10(15)8-5-7(14(16)17)6-13-9(8)11/h5-6H,4H2,1H3,(H,12,15). The molecule has 0 aliphatic rings. The average Bonchev–Trinajstić information content (AvgIpc) is 2.29. The Bertz CT molecular complexity index is 519. The molecule has 0 unspecified atom stereocenters. The number of amides is 1. The Balaban J connectivity index is 2.94. The van der Waals surface area contributed by atoms with Gasteiger partial charge in [-0.25, -0.2) is 4.98 Å². The van der Waals surface area contributed by atoms with Crippen molar-refractivity contribution < 1.29 is 9.72 Å². The van der Waals surface area contributed by atoms with Gasteiger partial charge in [-0.05, 0) is 6.92 Å². The van der Waals surface area contributed by atoms with E-state index in [0.29, 0.717) is 0 Å². The van der Waals surface area contributed by atoms with Crippen LogP contribution in [0.15, 0.2) is 12.3 Å². The molecule has 0 saturated heterocycles. The van der Waals surface area contributed by atoms with Crippen molar-refractivity contribution in [3.05, 3.63) is 33.1 Å². The number of carbonyl (C=O) groups excluding carboxylic acids is 1. The molecule has 0 atom stereocenters. The first-order valence-electron chi connectivity index (χ1n) is 4.54. The fourth-order valence-electron chi connectivity index (χ4n) is 1.00. The van der Waals surface area contributed by atoms with Crippen molar-refractivity contribution in [1.29, 1.82) is 0 Å². The lowest BCUT2D eigenvalue weighted by Gasteiger charge is -2.02. The van der Waals surface area contributed by atoms with Crippen molar-refractivity contribution in [1.82, 2.24) is 10.3 Å². The number of nitrogens with one attached hydrogen (secondary N) is 1. The highest BCUT2D eigenvalue weighted by molar-refractivity contribution is 6.32. The number of pyridine rings is 1. The molecule has 1 amide bonds. The van der Waals surface area contributed by atoms with Crippen molar-refractivity contribution in [2.75, 3.05) is 6.54 Å². The van der Waals surface area contributed by atoms with E-state index in [1.54, 1.807) is 6.92 Å². The molecule has 0 fully saturated rings. The molecular weight excluding hydrogens is 246 g/mol. The van der Waals surface area contributed by atoms with Crippen LogP contribution in [0.2, 0.25) is 5.15 Å². The van der Waals surface area contributed by atoms with Gasteiger partial charge in [-0.1, -0.05) is 17.5 Å². The van der Waals surface area contributed by atoms with Crippen molar-refractivity contribution in [2.24, 2.45) is 0 Å². The van der Waals surface area contributed by atoms with E-state index in [1.807, 2.05) is 0 Å². The van der Waals surface area contributed by atoms with Gasteiger partial charge < -0.3 is 5.32 Å². The van der Waals surface area contributed by atoms with E-state index in [9.17, 15) is 14.9 Å². The lowest BCUT2D eigenvalue weighted by molar-refractivity contribution is -0.385. The fraction of sp³-hybridized carbons (Fsp3) is 0.200. The van der Waals surface area contributed by atoms with E-state index in [0.717, 1.165) is 12.3 Å². The summed E-state index contributed by atoms with van der Waals surface area (Å²) >= 11 is 5.68. The zero-order valence-electron chi connectivity index (χ0n) is 8.86. The third-order valence-corrected chi connectivity index (χ3v) is 2.10. The maximum atomic E-state index is 11.6. The van der Waals surface area contributed by atoms with E-state index >= 15 is 0 Å². The summed E-state index contributed by atoms with van der Waals surface area (Å²) in [6.07, 6.45) is 0.991. The summed E-state index contributed by atoms with van der Waals surface area (Å²) in [6, 6.07) is 1.07. The largest absolute Gasteiger partial charge is 0.341 e. The average molecular weight is 254 g/mol. The molecule has 0 aromatic carbocycles. The van der Waals surface area contributed by atoms with Crippen LogP contribution in [0.1, 0.15) is 17.3 Å². The van der Waals surface area contributed by atoms with Gasteiger partial charge in [0.2, 0.25) is 0 Å². The van der Waals surface area contributed by atoms with E-state index in [-0.39, 0.29) is 22.9 Å². The minimum atomic E-state index is -0.647. The van der Waals surface area contributed by atoms with Gasteiger partial charge in [0.25, 0.3) is 11.6 Å². The number of nitrogens with zero attached hydrogens (tertiary/aromatic N) is 2. The summed E-state index contributed by atoms with van der Waals surface area (Å²) in [5.74, 6) is 4.68. The maximum absolute atomic E-state index is 11.6. The van der Waals surface area contributed by atoms with Crippen LogP contribution in [0.3, 0.4) is 0 Å². The fourth-order valence-corrected chi connectivity index (χ4v) is 1.19. The van der Waals surface area contributed by atoms with Gasteiger partial charge in [-0.15, -0.1) is 5.92 Å². The first-order chi connectivity index (χ1) is 8.06. The summed E-state index contributed by atoms with van der Waals surface area (Å²) in [5.41, 5.74) is -0.333. The van der Waals surface area contributed by atoms with Crippen LogP contribution in [0, 0.1) is 22.0 Å². The number of hydrogen-bond donors (Lipinski definition) is 1. The van der Waals surface area contributed by atoms with Gasteiger partial charge in [0.05, 0.1) is 17.0 Å². The minimum absolute atomic E-state index is 0.0428. The molecule has 6 nitrogen and oxygen atoms in total. The molecular formula is C10H8ClN3O3. The van der Waals surface area contributed by atoms with Gasteiger partial charge in [0.1, 0.15) is 11.3 Å². The Labute approximate surface area is 102 Å². The first-order valence-corrected chi connectivity index (χ1v) is 4.91. The van der Waals surface area contributed by atoms with Crippen LogP contribution < -0.4 is 5.32 Å². The number of rotatable bonds is 3. The second kappa shape index (κ2) is 5.82. The number of hydrogen-bond acceptors (Lipinski definition) is 4. The molecule has 0 spiro atoms. The predicted octanol–water partition coefficient (Wildman–Crippen LogP) is 1.40. The van der Waals surface area contributed by atoms with Crippen LogP contribution >= 0.6 is 11.6 Å². The summed E-state index contributed by atoms with van der Waals surface area (Å²) in [4.78, 5) is 25.0. The van der Waals surface area contributed by atoms with E-state index in [4.69, 9.17) is 11.6 Å². The van der Waals surface area contributed by atoms with Gasteiger partial charge in [-0.2, -0.15) is 0 Å². The molecule has 0 aliphatic heterocycles. The number of nitro groups is 1. The topological polar surface area (TPSA) is 85.1 Å². The quantitative estimate of drug-likeness (QED) is 0.382. The third kappa shape index (κ3) is 3.43. The summed E-state index contributed by atoms with van der Waals surface area (Å²) in [6.45, 7) is 1.78. The molecule has 1 N–H and O–H groups in total. The second-order valence-corrected chi connectivity index (χ2v) is 3.26. The zero-order valence-corrected chi connectivity index (χ0v) is 9.61. The molecule has 0 saturated carbocycles. The Morgan fingerprint density at radius 1 is 1.71 bits per heavy atom. The predicted molar refractivity (Wildman–Crippen MR) is 61.7 cm³/mol. The molecule has 7 heteroatoms. The van der Waals surface area contributed by atoms with Crippen LogP contribution in [-0.4, -0.2) is 22.4 Å². The van der Waals surface area contributed by atoms with Crippen molar-refractivity contribution in [2.45, 2.75) is 6.92 Å². The van der Waals surface area contributed by atoms with E-state index in [2.05, 4.69) is 22.1 Å². The van der Waals surface area contributed by atoms with Crippen LogP contribution in [0.5, 0.6) is 0 Å². The van der Waals surface area contributed by atoms with Crippen molar-refractivity contribution in [3.63, 3.8) is 0 Å². The van der Waals surface area contributed by atoms with E-state index in [1.165, 1.54) is 0 Å². The number of halogens is 1.